The van der Waals surface area contributed by atoms with Crippen LogP contribution in [0, 0.1) is 11.8 Å². The number of anilines is 2. The summed E-state index contributed by atoms with van der Waals surface area (Å²) in [6.07, 6.45) is 21.0. The average Bonchev–Trinajstić information content (AvgIpc) is 3.21. The molecule has 0 fully saturated rings. The van der Waals surface area contributed by atoms with Gasteiger partial charge in [-0.25, -0.2) is 0 Å². The van der Waals surface area contributed by atoms with Crippen molar-refractivity contribution in [2.75, 3.05) is 23.3 Å². The third kappa shape index (κ3) is 7.95. The van der Waals surface area contributed by atoms with Gasteiger partial charge in [0.1, 0.15) is 0 Å². The molecular formula is C44H58N2. The number of fused-ring (bicyclic) bond motifs is 2. The van der Waals surface area contributed by atoms with Gasteiger partial charge in [0.25, 0.3) is 0 Å². The van der Waals surface area contributed by atoms with Gasteiger partial charge in [0.15, 0.2) is 0 Å². The summed E-state index contributed by atoms with van der Waals surface area (Å²) in [7, 11) is 0. The van der Waals surface area contributed by atoms with Crippen molar-refractivity contribution >= 4 is 34.8 Å². The number of rotatable bonds is 13. The fraction of sp³-hybridized carbons (Fsp3) is 0.409. The van der Waals surface area contributed by atoms with E-state index in [-0.39, 0.29) is 10.8 Å². The van der Waals surface area contributed by atoms with Crippen LogP contribution in [-0.2, 0) is 10.8 Å². The van der Waals surface area contributed by atoms with E-state index >= 15 is 0 Å². The fourth-order valence-corrected chi connectivity index (χ4v) is 6.84. The maximum atomic E-state index is 4.39. The van der Waals surface area contributed by atoms with Crippen molar-refractivity contribution in [2.45, 2.75) is 92.4 Å². The summed E-state index contributed by atoms with van der Waals surface area (Å²) in [4.78, 5) is 2.55. The van der Waals surface area contributed by atoms with Crippen LogP contribution in [0.1, 0.15) is 92.7 Å². The standard InChI is InChI=1S/C44H58N2/c1-11-12-20-36-34(6)23-26-39-42(36)44(9,10)40(46(39)31-28-33(4)5)22-15-13-14-18-29-43(7,8)41-37-21-17-16-19-35(37)24-25-38(41)45-30-27-32(2)3/h11-26,32-33,45H,6,27-31H2,1-5,7-10H3/b12-11-,15-13+,18-14+,36-20+,40-22+. The summed E-state index contributed by atoms with van der Waals surface area (Å²) in [5.41, 5.74) is 6.56. The van der Waals surface area contributed by atoms with Crippen LogP contribution in [0.2, 0.25) is 0 Å². The average molecular weight is 615 g/mol. The highest BCUT2D eigenvalue weighted by molar-refractivity contribution is 5.91. The van der Waals surface area contributed by atoms with Gasteiger partial charge in [-0.2, -0.15) is 0 Å². The van der Waals surface area contributed by atoms with Gasteiger partial charge < -0.3 is 10.2 Å². The van der Waals surface area contributed by atoms with Crippen molar-refractivity contribution in [1.82, 2.24) is 0 Å². The molecule has 46 heavy (non-hydrogen) atoms. The van der Waals surface area contributed by atoms with Crippen LogP contribution >= 0.6 is 0 Å². The van der Waals surface area contributed by atoms with Crippen LogP contribution in [-0.4, -0.2) is 13.1 Å². The lowest BCUT2D eigenvalue weighted by Gasteiger charge is -2.29. The SMILES string of the molecule is C=c1ccc2c(/c1=C/C=C\C)C(C)(C)\C(=C/C=C/C=C/CC(C)(C)c1c(NCCC(C)C)ccc3ccccc13)N2CCC(C)C. The number of hydrogen-bond acceptors (Lipinski definition) is 2. The summed E-state index contributed by atoms with van der Waals surface area (Å²) < 4.78 is 0. The Kier molecular flexibility index (Phi) is 11.6. The second kappa shape index (κ2) is 15.2. The largest absolute Gasteiger partial charge is 0.385 e. The Bertz CT molecular complexity index is 1730. The molecule has 1 heterocycles. The maximum absolute atomic E-state index is 4.39. The summed E-state index contributed by atoms with van der Waals surface area (Å²) in [5, 5.41) is 8.76. The van der Waals surface area contributed by atoms with Crippen LogP contribution < -0.4 is 20.7 Å². The molecule has 1 N–H and O–H groups in total. The van der Waals surface area contributed by atoms with Gasteiger partial charge >= 0.3 is 0 Å². The number of benzene rings is 3. The van der Waals surface area contributed by atoms with Gasteiger partial charge in [-0.15, -0.1) is 0 Å². The number of hydrogen-bond donors (Lipinski definition) is 1. The molecule has 2 heteroatoms. The Morgan fingerprint density at radius 2 is 1.61 bits per heavy atom. The molecule has 1 aliphatic rings. The number of nitrogens with one attached hydrogen (secondary N) is 1. The van der Waals surface area contributed by atoms with Crippen molar-refractivity contribution in [3.8, 4) is 0 Å². The zero-order valence-electron chi connectivity index (χ0n) is 30.1. The van der Waals surface area contributed by atoms with Crippen molar-refractivity contribution < 1.29 is 0 Å². The molecule has 0 radical (unpaired) electrons. The van der Waals surface area contributed by atoms with Crippen LogP contribution in [0.25, 0.3) is 23.4 Å². The predicted octanol–water partition coefficient (Wildman–Crippen LogP) is 10.6. The first-order chi connectivity index (χ1) is 21.9. The molecule has 1 aliphatic heterocycles. The van der Waals surface area contributed by atoms with E-state index in [4.69, 9.17) is 0 Å². The Balaban J connectivity index is 1.61. The highest BCUT2D eigenvalue weighted by atomic mass is 15.2. The van der Waals surface area contributed by atoms with Crippen molar-refractivity contribution in [3.63, 3.8) is 0 Å². The van der Waals surface area contributed by atoms with E-state index in [2.05, 4.69) is 176 Å². The number of allylic oxidation sites excluding steroid dienone is 8. The summed E-state index contributed by atoms with van der Waals surface area (Å²) >= 11 is 0. The molecule has 0 spiro atoms. The van der Waals surface area contributed by atoms with Gasteiger partial charge in [-0.05, 0) is 94.0 Å². The van der Waals surface area contributed by atoms with E-state index in [9.17, 15) is 0 Å². The van der Waals surface area contributed by atoms with Crippen molar-refractivity contribution in [3.05, 3.63) is 118 Å². The van der Waals surface area contributed by atoms with Gasteiger partial charge in [-0.1, -0.05) is 141 Å². The van der Waals surface area contributed by atoms with E-state index in [1.807, 2.05) is 0 Å². The van der Waals surface area contributed by atoms with Gasteiger partial charge in [-0.3, -0.25) is 0 Å². The Morgan fingerprint density at radius 1 is 0.870 bits per heavy atom. The first-order valence-corrected chi connectivity index (χ1v) is 17.4. The molecule has 0 atom stereocenters. The molecule has 4 rings (SSSR count). The molecule has 0 saturated carbocycles. The minimum atomic E-state index is -0.128. The van der Waals surface area contributed by atoms with Crippen LogP contribution in [0.15, 0.2) is 96.8 Å². The quantitative estimate of drug-likeness (QED) is 0.193. The third-order valence-corrected chi connectivity index (χ3v) is 9.43. The highest BCUT2D eigenvalue weighted by Gasteiger charge is 2.40. The molecule has 0 saturated heterocycles. The molecule has 0 aliphatic carbocycles. The van der Waals surface area contributed by atoms with E-state index < -0.39 is 0 Å². The smallest absolute Gasteiger partial charge is 0.0457 e. The maximum Gasteiger partial charge on any atom is 0.0457 e. The normalized spacial score (nSPS) is 16.5. The monoisotopic (exact) mass is 614 g/mol. The van der Waals surface area contributed by atoms with Crippen LogP contribution in [0.4, 0.5) is 11.4 Å². The molecule has 244 valence electrons. The van der Waals surface area contributed by atoms with Crippen molar-refractivity contribution in [1.29, 1.82) is 0 Å². The molecule has 0 amide bonds. The number of nitrogens with zero attached hydrogens (tertiary/aromatic N) is 1. The van der Waals surface area contributed by atoms with E-state index in [0.29, 0.717) is 11.8 Å². The Hall–Kier alpha value is -3.78. The fourth-order valence-electron chi connectivity index (χ4n) is 6.84. The second-order valence-corrected chi connectivity index (χ2v) is 15.0. The Labute approximate surface area is 280 Å². The van der Waals surface area contributed by atoms with E-state index in [1.165, 1.54) is 44.2 Å². The lowest BCUT2D eigenvalue weighted by molar-refractivity contribution is 0.539. The van der Waals surface area contributed by atoms with E-state index in [0.717, 1.165) is 37.6 Å². The topological polar surface area (TPSA) is 15.3 Å². The van der Waals surface area contributed by atoms with Gasteiger partial charge in [0.05, 0.1) is 0 Å². The van der Waals surface area contributed by atoms with Gasteiger partial charge in [0.2, 0.25) is 0 Å². The lowest BCUT2D eigenvalue weighted by Crippen LogP contribution is -2.33. The minimum Gasteiger partial charge on any atom is -0.385 e. The molecule has 3 aromatic carbocycles. The second-order valence-electron chi connectivity index (χ2n) is 15.0. The predicted molar refractivity (Wildman–Crippen MR) is 206 cm³/mol. The first kappa shape index (κ1) is 35.1. The van der Waals surface area contributed by atoms with Crippen LogP contribution in [0.5, 0.6) is 0 Å². The van der Waals surface area contributed by atoms with Crippen molar-refractivity contribution in [2.24, 2.45) is 11.8 Å². The third-order valence-electron chi connectivity index (χ3n) is 9.43. The van der Waals surface area contributed by atoms with Crippen LogP contribution in [0.3, 0.4) is 0 Å². The molecule has 0 unspecified atom stereocenters. The lowest BCUT2D eigenvalue weighted by atomic mass is 9.78. The summed E-state index contributed by atoms with van der Waals surface area (Å²) in [6.45, 7) is 27.1. The zero-order chi connectivity index (χ0) is 33.5. The minimum absolute atomic E-state index is 0.0295. The Morgan fingerprint density at radius 3 is 2.33 bits per heavy atom. The van der Waals surface area contributed by atoms with Gasteiger partial charge in [0, 0.05) is 35.6 Å². The van der Waals surface area contributed by atoms with E-state index in [1.54, 1.807) is 0 Å². The molecule has 0 aromatic heterocycles. The first-order valence-electron chi connectivity index (χ1n) is 17.4. The molecule has 0 bridgehead atoms. The molecular weight excluding hydrogens is 556 g/mol. The molecule has 3 aromatic rings. The summed E-state index contributed by atoms with van der Waals surface area (Å²) in [5.74, 6) is 1.32. The summed E-state index contributed by atoms with van der Waals surface area (Å²) in [6, 6.07) is 17.8. The highest BCUT2D eigenvalue weighted by Crippen LogP contribution is 2.46. The zero-order valence-corrected chi connectivity index (χ0v) is 30.1. The molecule has 2 nitrogen and oxygen atoms in total.